The number of hydrogen-bond donors (Lipinski definition) is 2. The third-order valence-electron chi connectivity index (χ3n) is 9.20. The van der Waals surface area contributed by atoms with Crippen LogP contribution in [0.2, 0.25) is 5.28 Å². The molecule has 2 amide bonds. The summed E-state index contributed by atoms with van der Waals surface area (Å²) in [5, 5.41) is 10.7. The maximum absolute atomic E-state index is 13.3. The summed E-state index contributed by atoms with van der Waals surface area (Å²) in [4.78, 5) is 45.2. The number of hydrogen-bond acceptors (Lipinski definition) is 7. The van der Waals surface area contributed by atoms with E-state index in [2.05, 4.69) is 30.5 Å². The average Bonchev–Trinajstić information content (AvgIpc) is 3.32. The van der Waals surface area contributed by atoms with Gasteiger partial charge in [0, 0.05) is 44.9 Å². The van der Waals surface area contributed by atoms with E-state index in [-0.39, 0.29) is 48.5 Å². The van der Waals surface area contributed by atoms with Crippen LogP contribution in [0.15, 0.2) is 36.4 Å². The van der Waals surface area contributed by atoms with Gasteiger partial charge >= 0.3 is 10.2 Å². The van der Waals surface area contributed by atoms with Gasteiger partial charge in [0.2, 0.25) is 17.1 Å². The number of aromatic nitrogens is 2. The van der Waals surface area contributed by atoms with Gasteiger partial charge in [-0.15, -0.1) is 0 Å². The number of halogens is 1. The zero-order valence-electron chi connectivity index (χ0n) is 27.7. The molecule has 1 saturated heterocycles. The Bertz CT molecular complexity index is 1580. The van der Waals surface area contributed by atoms with Gasteiger partial charge in [-0.1, -0.05) is 44.1 Å². The van der Waals surface area contributed by atoms with Crippen molar-refractivity contribution in [1.82, 2.24) is 23.5 Å². The van der Waals surface area contributed by atoms with Crippen LogP contribution in [0.1, 0.15) is 79.1 Å². The zero-order valence-corrected chi connectivity index (χ0v) is 29.3. The third kappa shape index (κ3) is 8.00. The number of allylic oxidation sites excluding steroid dienone is 2. The molecular formula is C33H48ClN5O6S. The number of carbonyl (C=O) groups excluding carboxylic acids is 3. The van der Waals surface area contributed by atoms with Crippen molar-refractivity contribution in [3.8, 4) is 0 Å². The van der Waals surface area contributed by atoms with E-state index in [1.807, 2.05) is 47.9 Å². The van der Waals surface area contributed by atoms with Crippen molar-refractivity contribution < 1.29 is 27.9 Å². The Labute approximate surface area is 277 Å². The number of nitrogens with zero attached hydrogens (tertiary/aromatic N) is 4. The molecule has 0 spiro atoms. The molecule has 13 heteroatoms. The van der Waals surface area contributed by atoms with Crippen LogP contribution < -0.4 is 4.72 Å². The Kier molecular flexibility index (Phi) is 11.1. The van der Waals surface area contributed by atoms with Gasteiger partial charge in [0.1, 0.15) is 0 Å². The SMILES string of the molecule is CC(C)(C)n1c(Cl)nc2ccccc21.C[C@H]1CCCCC/C=C\[C@@H]2C[C@@]2(C(=O)NS(=O)(=O)N(C)C)CC(=O)[C@@H]2C[C@@H](O)CN2C1=O. The monoisotopic (exact) mass is 677 g/mol. The Balaban J connectivity index is 0.000000284. The van der Waals surface area contributed by atoms with E-state index < -0.39 is 33.7 Å². The van der Waals surface area contributed by atoms with Crippen LogP contribution in [0.3, 0.4) is 0 Å². The van der Waals surface area contributed by atoms with Crippen molar-refractivity contribution in [1.29, 1.82) is 0 Å². The number of carbonyl (C=O) groups is 3. The molecule has 2 aliphatic heterocycles. The molecule has 2 N–H and O–H groups in total. The van der Waals surface area contributed by atoms with Crippen LogP contribution in [0.4, 0.5) is 0 Å². The van der Waals surface area contributed by atoms with Gasteiger partial charge in [-0.25, -0.2) is 9.71 Å². The van der Waals surface area contributed by atoms with Crippen LogP contribution >= 0.6 is 11.6 Å². The number of fused-ring (bicyclic) bond motifs is 3. The van der Waals surface area contributed by atoms with E-state index in [0.717, 1.165) is 47.4 Å². The van der Waals surface area contributed by atoms with Crippen molar-refractivity contribution in [2.24, 2.45) is 17.3 Å². The van der Waals surface area contributed by atoms with E-state index in [4.69, 9.17) is 11.6 Å². The second kappa shape index (κ2) is 14.1. The van der Waals surface area contributed by atoms with Crippen LogP contribution in [0.5, 0.6) is 0 Å². The first-order valence-corrected chi connectivity index (χ1v) is 17.9. The first kappa shape index (κ1) is 36.0. The highest BCUT2D eigenvalue weighted by molar-refractivity contribution is 7.87. The summed E-state index contributed by atoms with van der Waals surface area (Å²) in [5.41, 5.74) is 0.857. The van der Waals surface area contributed by atoms with Gasteiger partial charge in [0.25, 0.3) is 0 Å². The summed E-state index contributed by atoms with van der Waals surface area (Å²) in [7, 11) is -1.34. The smallest absolute Gasteiger partial charge is 0.303 e. The Morgan fingerprint density at radius 1 is 1.15 bits per heavy atom. The maximum atomic E-state index is 13.3. The lowest BCUT2D eigenvalue weighted by molar-refractivity contribution is -0.141. The molecule has 1 aliphatic carbocycles. The summed E-state index contributed by atoms with van der Waals surface area (Å²) in [6.07, 6.45) is 7.92. The Morgan fingerprint density at radius 2 is 1.85 bits per heavy atom. The number of Topliss-reactive ketones (excluding diaryl/α,β-unsaturated/α-hetero) is 1. The molecule has 1 aromatic carbocycles. The maximum Gasteiger partial charge on any atom is 0.303 e. The molecule has 1 aromatic heterocycles. The van der Waals surface area contributed by atoms with Crippen molar-refractivity contribution in [2.75, 3.05) is 20.6 Å². The first-order chi connectivity index (χ1) is 21.5. The fraction of sp³-hybridized carbons (Fsp3) is 0.636. The molecule has 46 heavy (non-hydrogen) atoms. The molecule has 2 fully saturated rings. The van der Waals surface area contributed by atoms with Crippen molar-refractivity contribution in [2.45, 2.75) is 96.7 Å². The number of aliphatic hydroxyl groups is 1. The highest BCUT2D eigenvalue weighted by atomic mass is 35.5. The van der Waals surface area contributed by atoms with Crippen molar-refractivity contribution in [3.05, 3.63) is 41.7 Å². The molecule has 2 aromatic rings. The zero-order chi connectivity index (χ0) is 34.0. The standard InChI is InChI=1S/C22H35N3O6S.C11H13ClN2/c1-15-9-7-5-4-6-8-10-16-12-22(16,21(29)23-32(30,31)24(2)3)13-19(27)18-11-17(26)14-25(18)20(15)28;1-11(2,3)14-9-7-5-4-6-8(9)13-10(14)12/h8,10,15-18,26H,4-7,9,11-14H2,1-3H3,(H,23,29);4-7H,1-3H3/b10-8-;/t15-,16+,17+,18-,22+;/m0./s1. The van der Waals surface area contributed by atoms with Crippen molar-refractivity contribution in [3.63, 3.8) is 0 Å². The Morgan fingerprint density at radius 3 is 2.52 bits per heavy atom. The van der Waals surface area contributed by atoms with Gasteiger partial charge in [-0.2, -0.15) is 12.7 Å². The topological polar surface area (TPSA) is 142 Å². The molecule has 254 valence electrons. The summed E-state index contributed by atoms with van der Waals surface area (Å²) < 4.78 is 29.5. The fourth-order valence-corrected chi connectivity index (χ4v) is 7.48. The summed E-state index contributed by atoms with van der Waals surface area (Å²) in [5.74, 6) is -1.61. The second-order valence-corrected chi connectivity index (χ2v) is 16.3. The first-order valence-electron chi connectivity index (χ1n) is 16.0. The molecule has 1 saturated carbocycles. The Hall–Kier alpha value is -2.80. The van der Waals surface area contributed by atoms with Crippen LogP contribution in [0, 0.1) is 17.3 Å². The van der Waals surface area contributed by atoms with Gasteiger partial charge in [0.15, 0.2) is 5.78 Å². The molecule has 3 aliphatic rings. The van der Waals surface area contributed by atoms with Gasteiger partial charge in [-0.05, 0) is 76.1 Å². The number of imidazole rings is 1. The molecule has 11 nitrogen and oxygen atoms in total. The van der Waals surface area contributed by atoms with E-state index in [0.29, 0.717) is 11.7 Å². The number of amides is 2. The quantitative estimate of drug-likeness (QED) is 0.458. The van der Waals surface area contributed by atoms with E-state index in [1.54, 1.807) is 0 Å². The summed E-state index contributed by atoms with van der Waals surface area (Å²) >= 11 is 6.10. The predicted molar refractivity (Wildman–Crippen MR) is 178 cm³/mol. The highest BCUT2D eigenvalue weighted by Crippen LogP contribution is 2.57. The van der Waals surface area contributed by atoms with Crippen LogP contribution in [-0.4, -0.2) is 82.7 Å². The molecule has 0 unspecified atom stereocenters. The number of ketones is 1. The lowest BCUT2D eigenvalue weighted by atomic mass is 9.91. The summed E-state index contributed by atoms with van der Waals surface area (Å²) in [6, 6.07) is 7.20. The van der Waals surface area contributed by atoms with E-state index in [1.165, 1.54) is 19.0 Å². The minimum Gasteiger partial charge on any atom is -0.391 e. The average molecular weight is 678 g/mol. The minimum absolute atomic E-state index is 0.0345. The predicted octanol–water partition coefficient (Wildman–Crippen LogP) is 4.44. The molecular weight excluding hydrogens is 630 g/mol. The number of benzene rings is 1. The highest BCUT2D eigenvalue weighted by Gasteiger charge is 2.61. The second-order valence-electron chi connectivity index (χ2n) is 14.1. The number of nitrogens with one attached hydrogen (secondary N) is 1. The minimum atomic E-state index is -3.99. The number of aliphatic hydroxyl groups excluding tert-OH is 1. The van der Waals surface area contributed by atoms with E-state index in [9.17, 15) is 27.9 Å². The van der Waals surface area contributed by atoms with Crippen LogP contribution in [-0.2, 0) is 30.1 Å². The molecule has 3 heterocycles. The molecule has 5 rings (SSSR count). The molecule has 0 radical (unpaired) electrons. The lowest BCUT2D eigenvalue weighted by Crippen LogP contribution is -2.47. The number of rotatable bonds is 3. The lowest BCUT2D eigenvalue weighted by Gasteiger charge is -2.28. The van der Waals surface area contributed by atoms with Crippen molar-refractivity contribution >= 4 is 50.4 Å². The van der Waals surface area contributed by atoms with Gasteiger partial charge in [0.05, 0.1) is 28.6 Å². The fourth-order valence-electron chi connectivity index (χ4n) is 6.42. The van der Waals surface area contributed by atoms with E-state index >= 15 is 0 Å². The van der Waals surface area contributed by atoms with Gasteiger partial charge < -0.3 is 14.6 Å². The summed E-state index contributed by atoms with van der Waals surface area (Å²) in [6.45, 7) is 8.31. The molecule has 5 atom stereocenters. The third-order valence-corrected chi connectivity index (χ3v) is 10.9. The molecule has 0 bridgehead atoms. The number of para-hydroxylation sites is 2. The van der Waals surface area contributed by atoms with Crippen LogP contribution in [0.25, 0.3) is 11.0 Å². The normalized spacial score (nSPS) is 28.4. The van der Waals surface area contributed by atoms with Gasteiger partial charge in [-0.3, -0.25) is 14.4 Å². The largest absolute Gasteiger partial charge is 0.391 e.